The van der Waals surface area contributed by atoms with Crippen molar-refractivity contribution in [1.82, 2.24) is 9.55 Å². The van der Waals surface area contributed by atoms with E-state index in [9.17, 15) is 17.3 Å². The fourth-order valence-corrected chi connectivity index (χ4v) is 1.01. The van der Waals surface area contributed by atoms with Crippen LogP contribution in [0.15, 0.2) is 49.1 Å². The van der Waals surface area contributed by atoms with Gasteiger partial charge in [-0.15, -0.1) is 12.4 Å². The largest absolute Gasteiger partial charge is 0.673 e. The third kappa shape index (κ3) is 7.40. The standard InChI is InChI=1S/C9H8N2.BF4.ClH/c1-2-4-9(5-3-1)11-7-6-10-8-11;2-1(3,4)5;/h1-8H;;1H/q;-1;. The number of hydrogen-bond donors (Lipinski definition) is 0. The first-order valence-electron chi connectivity index (χ1n) is 4.37. The number of imidazole rings is 1. The van der Waals surface area contributed by atoms with E-state index in [2.05, 4.69) is 4.98 Å². The van der Waals surface area contributed by atoms with E-state index in [1.807, 2.05) is 41.1 Å². The molecule has 2 nitrogen and oxygen atoms in total. The van der Waals surface area contributed by atoms with Gasteiger partial charge in [0.2, 0.25) is 0 Å². The number of benzene rings is 1. The van der Waals surface area contributed by atoms with Gasteiger partial charge >= 0.3 is 7.25 Å². The predicted octanol–water partition coefficient (Wildman–Crippen LogP) is 3.59. The van der Waals surface area contributed by atoms with Gasteiger partial charge in [0.05, 0.1) is 6.33 Å². The number of rotatable bonds is 1. The van der Waals surface area contributed by atoms with Crippen molar-refractivity contribution in [2.24, 2.45) is 0 Å². The maximum Gasteiger partial charge on any atom is 0.673 e. The van der Waals surface area contributed by atoms with E-state index in [1.165, 1.54) is 0 Å². The molecule has 94 valence electrons. The summed E-state index contributed by atoms with van der Waals surface area (Å²) in [6.07, 6.45) is 5.48. The molecular formula is C9H9BClF4N2-. The van der Waals surface area contributed by atoms with Gasteiger partial charge < -0.3 is 21.8 Å². The molecule has 0 radical (unpaired) electrons. The van der Waals surface area contributed by atoms with Crippen LogP contribution in [-0.4, -0.2) is 16.8 Å². The van der Waals surface area contributed by atoms with E-state index < -0.39 is 7.25 Å². The van der Waals surface area contributed by atoms with Crippen molar-refractivity contribution in [2.45, 2.75) is 0 Å². The van der Waals surface area contributed by atoms with Gasteiger partial charge in [0.15, 0.2) is 0 Å². The van der Waals surface area contributed by atoms with Gasteiger partial charge in [0.1, 0.15) is 0 Å². The molecule has 0 saturated heterocycles. The Balaban J connectivity index is 0.000000373. The van der Waals surface area contributed by atoms with Crippen LogP contribution in [0.1, 0.15) is 0 Å². The normalized spacial score (nSPS) is 9.88. The molecule has 0 unspecified atom stereocenters. The molecule has 1 aromatic carbocycles. The van der Waals surface area contributed by atoms with Crippen molar-refractivity contribution in [3.8, 4) is 5.69 Å². The lowest BCUT2D eigenvalue weighted by Gasteiger charge is -1.98. The average Bonchev–Trinajstić information content (AvgIpc) is 2.69. The summed E-state index contributed by atoms with van der Waals surface area (Å²) in [4.78, 5) is 3.96. The van der Waals surface area contributed by atoms with E-state index in [0.29, 0.717) is 0 Å². The quantitative estimate of drug-likeness (QED) is 0.570. The van der Waals surface area contributed by atoms with Gasteiger partial charge in [-0.25, -0.2) is 4.98 Å². The maximum atomic E-state index is 9.75. The fourth-order valence-electron chi connectivity index (χ4n) is 1.01. The highest BCUT2D eigenvalue weighted by molar-refractivity contribution is 6.50. The van der Waals surface area contributed by atoms with Crippen molar-refractivity contribution >= 4 is 19.7 Å². The molecule has 0 bridgehead atoms. The number of hydrogen-bond acceptors (Lipinski definition) is 1. The third-order valence-electron chi connectivity index (χ3n) is 1.56. The van der Waals surface area contributed by atoms with Crippen LogP contribution in [0, 0.1) is 0 Å². The molecule has 0 aliphatic carbocycles. The van der Waals surface area contributed by atoms with Crippen LogP contribution in [0.3, 0.4) is 0 Å². The zero-order chi connectivity index (χ0) is 12.0. The molecule has 0 N–H and O–H groups in total. The summed E-state index contributed by atoms with van der Waals surface area (Å²) in [6, 6.07) is 10.1. The van der Waals surface area contributed by atoms with E-state index >= 15 is 0 Å². The third-order valence-corrected chi connectivity index (χ3v) is 1.56. The lowest BCUT2D eigenvalue weighted by Crippen LogP contribution is -2.02. The lowest BCUT2D eigenvalue weighted by atomic mass is 10.3. The summed E-state index contributed by atoms with van der Waals surface area (Å²) >= 11 is 0. The van der Waals surface area contributed by atoms with E-state index in [4.69, 9.17) is 0 Å². The molecule has 17 heavy (non-hydrogen) atoms. The molecule has 0 spiro atoms. The Morgan fingerprint density at radius 2 is 1.53 bits per heavy atom. The molecule has 0 atom stereocenters. The first-order chi connectivity index (χ1) is 7.47. The van der Waals surface area contributed by atoms with Gasteiger partial charge in [0.25, 0.3) is 0 Å². The highest BCUT2D eigenvalue weighted by atomic mass is 35.5. The monoisotopic (exact) mass is 267 g/mol. The number of para-hydroxylation sites is 1. The van der Waals surface area contributed by atoms with Crippen LogP contribution in [0.4, 0.5) is 17.3 Å². The topological polar surface area (TPSA) is 17.8 Å². The number of nitrogens with zero attached hydrogens (tertiary/aromatic N) is 2. The second-order valence-electron chi connectivity index (χ2n) is 2.80. The summed E-state index contributed by atoms with van der Waals surface area (Å²) in [5.74, 6) is 0. The first kappa shape index (κ1) is 15.5. The zero-order valence-electron chi connectivity index (χ0n) is 8.51. The zero-order valence-corrected chi connectivity index (χ0v) is 9.33. The number of aromatic nitrogens is 2. The average molecular weight is 267 g/mol. The molecule has 0 aliphatic heterocycles. The molecule has 1 heterocycles. The summed E-state index contributed by atoms with van der Waals surface area (Å²) in [5, 5.41) is 0. The summed E-state index contributed by atoms with van der Waals surface area (Å²) in [5.41, 5.74) is 1.14. The minimum Gasteiger partial charge on any atom is -0.418 e. The molecule has 0 fully saturated rings. The maximum absolute atomic E-state index is 9.75. The highest BCUT2D eigenvalue weighted by Crippen LogP contribution is 2.06. The SMILES string of the molecule is Cl.F[B-](F)(F)F.c1ccc(-n2ccnc2)cc1. The van der Waals surface area contributed by atoms with Gasteiger partial charge in [-0.1, -0.05) is 18.2 Å². The molecule has 2 rings (SSSR count). The van der Waals surface area contributed by atoms with Crippen LogP contribution in [0.5, 0.6) is 0 Å². The van der Waals surface area contributed by atoms with E-state index in [0.717, 1.165) is 5.69 Å². The predicted molar refractivity (Wildman–Crippen MR) is 61.0 cm³/mol. The van der Waals surface area contributed by atoms with Gasteiger partial charge in [0, 0.05) is 18.1 Å². The van der Waals surface area contributed by atoms with Gasteiger partial charge in [-0.2, -0.15) is 0 Å². The van der Waals surface area contributed by atoms with Crippen LogP contribution in [0.2, 0.25) is 0 Å². The Morgan fingerprint density at radius 1 is 1.00 bits per heavy atom. The molecule has 0 aliphatic rings. The summed E-state index contributed by atoms with van der Waals surface area (Å²) in [7, 11) is -6.00. The summed E-state index contributed by atoms with van der Waals surface area (Å²) < 4.78 is 41.0. The van der Waals surface area contributed by atoms with Crippen molar-refractivity contribution in [1.29, 1.82) is 0 Å². The minimum absolute atomic E-state index is 0. The fraction of sp³-hybridized carbons (Fsp3) is 0. The Kier molecular flexibility index (Phi) is 6.34. The van der Waals surface area contributed by atoms with Crippen molar-refractivity contribution < 1.29 is 17.3 Å². The van der Waals surface area contributed by atoms with Crippen LogP contribution < -0.4 is 0 Å². The second kappa shape index (κ2) is 6.95. The Bertz CT molecular complexity index is 399. The highest BCUT2D eigenvalue weighted by Gasteiger charge is 2.20. The number of halogens is 5. The Hall–Kier alpha value is -1.50. The van der Waals surface area contributed by atoms with Gasteiger partial charge in [-0.05, 0) is 12.1 Å². The van der Waals surface area contributed by atoms with Crippen molar-refractivity contribution in [2.75, 3.05) is 0 Å². The lowest BCUT2D eigenvalue weighted by molar-refractivity contribution is 0.368. The molecular weight excluding hydrogens is 258 g/mol. The first-order valence-corrected chi connectivity index (χ1v) is 4.37. The van der Waals surface area contributed by atoms with Crippen LogP contribution in [-0.2, 0) is 0 Å². The Morgan fingerprint density at radius 3 is 1.94 bits per heavy atom. The van der Waals surface area contributed by atoms with Crippen LogP contribution >= 0.6 is 12.4 Å². The summed E-state index contributed by atoms with van der Waals surface area (Å²) in [6.45, 7) is 0. The van der Waals surface area contributed by atoms with Crippen molar-refractivity contribution in [3.05, 3.63) is 49.1 Å². The van der Waals surface area contributed by atoms with E-state index in [-0.39, 0.29) is 12.4 Å². The Labute approximate surface area is 102 Å². The second-order valence-corrected chi connectivity index (χ2v) is 2.80. The van der Waals surface area contributed by atoms with E-state index in [1.54, 1.807) is 12.5 Å². The van der Waals surface area contributed by atoms with Crippen LogP contribution in [0.25, 0.3) is 5.69 Å². The van der Waals surface area contributed by atoms with Gasteiger partial charge in [-0.3, -0.25) is 0 Å². The molecule has 0 saturated carbocycles. The molecule has 1 aromatic heterocycles. The van der Waals surface area contributed by atoms with Crippen molar-refractivity contribution in [3.63, 3.8) is 0 Å². The minimum atomic E-state index is -6.00. The molecule has 2 aromatic rings. The molecule has 8 heteroatoms. The molecule has 0 amide bonds. The smallest absolute Gasteiger partial charge is 0.418 e.